The highest BCUT2D eigenvalue weighted by Crippen LogP contribution is 2.19. The lowest BCUT2D eigenvalue weighted by Gasteiger charge is -2.10. The molecule has 84 valence electrons. The molecule has 1 aromatic heterocycles. The van der Waals surface area contributed by atoms with Gasteiger partial charge in [0, 0.05) is 5.69 Å². The first-order valence-corrected chi connectivity index (χ1v) is 5.49. The highest BCUT2D eigenvalue weighted by molar-refractivity contribution is 5.27. The van der Waals surface area contributed by atoms with Gasteiger partial charge in [-0.15, -0.1) is 0 Å². The predicted octanol–water partition coefficient (Wildman–Crippen LogP) is 2.27. The second kappa shape index (κ2) is 4.49. The average molecular weight is 215 g/mol. The molecule has 3 heteroatoms. The summed E-state index contributed by atoms with van der Waals surface area (Å²) in [4.78, 5) is 0. The van der Waals surface area contributed by atoms with Crippen LogP contribution in [0.2, 0.25) is 0 Å². The Hall–Kier alpha value is -1.61. The quantitative estimate of drug-likeness (QED) is 0.825. The number of H-pyrrole nitrogens is 1. The maximum absolute atomic E-state index is 6.16. The van der Waals surface area contributed by atoms with Gasteiger partial charge in [-0.2, -0.15) is 5.10 Å². The second-order valence-corrected chi connectivity index (χ2v) is 4.16. The van der Waals surface area contributed by atoms with Crippen LogP contribution in [0.4, 0.5) is 0 Å². The summed E-state index contributed by atoms with van der Waals surface area (Å²) < 4.78 is 0. The van der Waals surface area contributed by atoms with Gasteiger partial charge >= 0.3 is 0 Å². The average Bonchev–Trinajstić information content (AvgIpc) is 2.61. The van der Waals surface area contributed by atoms with Gasteiger partial charge < -0.3 is 5.73 Å². The fraction of sp³-hybridized carbons (Fsp3) is 0.308. The van der Waals surface area contributed by atoms with Gasteiger partial charge in [-0.05, 0) is 31.4 Å². The second-order valence-electron chi connectivity index (χ2n) is 4.16. The van der Waals surface area contributed by atoms with E-state index < -0.39 is 0 Å². The van der Waals surface area contributed by atoms with Crippen molar-refractivity contribution in [3.05, 3.63) is 52.8 Å². The summed E-state index contributed by atoms with van der Waals surface area (Å²) >= 11 is 0. The van der Waals surface area contributed by atoms with Crippen molar-refractivity contribution in [2.24, 2.45) is 5.73 Å². The van der Waals surface area contributed by atoms with Crippen LogP contribution < -0.4 is 5.73 Å². The van der Waals surface area contributed by atoms with Gasteiger partial charge in [-0.1, -0.05) is 30.3 Å². The Labute approximate surface area is 95.7 Å². The molecule has 0 aliphatic heterocycles. The van der Waals surface area contributed by atoms with E-state index in [9.17, 15) is 0 Å². The third kappa shape index (κ3) is 2.14. The van der Waals surface area contributed by atoms with Crippen LogP contribution in [0.15, 0.2) is 30.3 Å². The van der Waals surface area contributed by atoms with Crippen molar-refractivity contribution in [3.63, 3.8) is 0 Å². The highest BCUT2D eigenvalue weighted by atomic mass is 15.1. The summed E-state index contributed by atoms with van der Waals surface area (Å²) in [6.07, 6.45) is 0.825. The molecule has 0 spiro atoms. The van der Waals surface area contributed by atoms with Crippen LogP contribution in [-0.4, -0.2) is 10.2 Å². The summed E-state index contributed by atoms with van der Waals surface area (Å²) in [5.74, 6) is 0. The van der Waals surface area contributed by atoms with Crippen molar-refractivity contribution in [1.82, 2.24) is 10.2 Å². The SMILES string of the molecule is Cc1[nH]nc(C(N)Cc2ccccc2)c1C. The molecule has 0 amide bonds. The largest absolute Gasteiger partial charge is 0.322 e. The lowest BCUT2D eigenvalue weighted by atomic mass is 10.0. The molecule has 0 fully saturated rings. The minimum atomic E-state index is -0.0349. The first kappa shape index (κ1) is 10.9. The summed E-state index contributed by atoms with van der Waals surface area (Å²) in [6, 6.07) is 10.2. The molecule has 0 saturated carbocycles. The molecular weight excluding hydrogens is 198 g/mol. The van der Waals surface area contributed by atoms with Crippen molar-refractivity contribution in [3.8, 4) is 0 Å². The van der Waals surface area contributed by atoms with Crippen LogP contribution in [0, 0.1) is 13.8 Å². The third-order valence-electron chi connectivity index (χ3n) is 2.94. The van der Waals surface area contributed by atoms with Gasteiger partial charge in [0.25, 0.3) is 0 Å². The number of hydrogen-bond acceptors (Lipinski definition) is 2. The molecule has 3 N–H and O–H groups in total. The molecule has 2 aromatic rings. The molecule has 0 aliphatic carbocycles. The van der Waals surface area contributed by atoms with E-state index in [1.165, 1.54) is 11.1 Å². The van der Waals surface area contributed by atoms with Crippen molar-refractivity contribution in [1.29, 1.82) is 0 Å². The smallest absolute Gasteiger partial charge is 0.0824 e. The highest BCUT2D eigenvalue weighted by Gasteiger charge is 2.14. The number of aryl methyl sites for hydroxylation is 1. The Morgan fingerprint density at radius 3 is 2.50 bits per heavy atom. The van der Waals surface area contributed by atoms with Gasteiger partial charge in [0.05, 0.1) is 11.7 Å². The number of nitrogens with one attached hydrogen (secondary N) is 1. The topological polar surface area (TPSA) is 54.7 Å². The molecule has 0 saturated heterocycles. The van der Waals surface area contributed by atoms with E-state index in [4.69, 9.17) is 5.73 Å². The van der Waals surface area contributed by atoms with Crippen molar-refractivity contribution >= 4 is 0 Å². The fourth-order valence-corrected chi connectivity index (χ4v) is 1.83. The van der Waals surface area contributed by atoms with Crippen LogP contribution in [0.1, 0.15) is 28.6 Å². The molecule has 0 aliphatic rings. The lowest BCUT2D eigenvalue weighted by molar-refractivity contribution is 0.688. The maximum atomic E-state index is 6.16. The van der Waals surface area contributed by atoms with Gasteiger partial charge in [0.15, 0.2) is 0 Å². The molecule has 16 heavy (non-hydrogen) atoms. The third-order valence-corrected chi connectivity index (χ3v) is 2.94. The standard InChI is InChI=1S/C13H17N3/c1-9-10(2)15-16-13(9)12(14)8-11-6-4-3-5-7-11/h3-7,12H,8,14H2,1-2H3,(H,15,16). The zero-order valence-corrected chi connectivity index (χ0v) is 9.70. The first-order valence-electron chi connectivity index (χ1n) is 5.49. The Bertz CT molecular complexity index is 459. The fourth-order valence-electron chi connectivity index (χ4n) is 1.83. The Morgan fingerprint density at radius 2 is 1.94 bits per heavy atom. The zero-order valence-electron chi connectivity index (χ0n) is 9.70. The van der Waals surface area contributed by atoms with Crippen LogP contribution in [-0.2, 0) is 6.42 Å². The predicted molar refractivity (Wildman–Crippen MR) is 65.1 cm³/mol. The van der Waals surface area contributed by atoms with Gasteiger partial charge in [0.2, 0.25) is 0 Å². The van der Waals surface area contributed by atoms with Gasteiger partial charge in [0.1, 0.15) is 0 Å². The number of nitrogens with zero attached hydrogens (tertiary/aromatic N) is 1. The Balaban J connectivity index is 2.15. The molecule has 1 atom stereocenters. The van der Waals surface area contributed by atoms with Crippen LogP contribution in [0.5, 0.6) is 0 Å². The van der Waals surface area contributed by atoms with Crippen molar-refractivity contribution in [2.75, 3.05) is 0 Å². The summed E-state index contributed by atoms with van der Waals surface area (Å²) in [5, 5.41) is 7.23. The first-order chi connectivity index (χ1) is 7.68. The van der Waals surface area contributed by atoms with E-state index in [1.807, 2.05) is 25.1 Å². The molecule has 0 bridgehead atoms. The Kier molecular flexibility index (Phi) is 3.06. The van der Waals surface area contributed by atoms with E-state index in [-0.39, 0.29) is 6.04 Å². The Morgan fingerprint density at radius 1 is 1.25 bits per heavy atom. The zero-order chi connectivity index (χ0) is 11.5. The number of benzene rings is 1. The number of aromatic amines is 1. The van der Waals surface area contributed by atoms with E-state index in [0.717, 1.165) is 17.8 Å². The summed E-state index contributed by atoms with van der Waals surface area (Å²) in [5.41, 5.74) is 10.6. The van der Waals surface area contributed by atoms with Gasteiger partial charge in [-0.3, -0.25) is 5.10 Å². The van der Waals surface area contributed by atoms with Crippen LogP contribution >= 0.6 is 0 Å². The molecule has 3 nitrogen and oxygen atoms in total. The van der Waals surface area contributed by atoms with E-state index in [1.54, 1.807) is 0 Å². The molecule has 1 heterocycles. The van der Waals surface area contributed by atoms with Crippen molar-refractivity contribution < 1.29 is 0 Å². The maximum Gasteiger partial charge on any atom is 0.0824 e. The van der Waals surface area contributed by atoms with E-state index >= 15 is 0 Å². The number of rotatable bonds is 3. The number of aromatic nitrogens is 2. The van der Waals surface area contributed by atoms with E-state index in [2.05, 4.69) is 29.3 Å². The lowest BCUT2D eigenvalue weighted by Crippen LogP contribution is -2.15. The van der Waals surface area contributed by atoms with E-state index in [0.29, 0.717) is 0 Å². The minimum Gasteiger partial charge on any atom is -0.322 e. The summed E-state index contributed by atoms with van der Waals surface area (Å²) in [7, 11) is 0. The number of hydrogen-bond donors (Lipinski definition) is 2. The van der Waals surface area contributed by atoms with Crippen molar-refractivity contribution in [2.45, 2.75) is 26.3 Å². The summed E-state index contributed by atoms with van der Waals surface area (Å²) in [6.45, 7) is 4.07. The molecule has 0 radical (unpaired) electrons. The minimum absolute atomic E-state index is 0.0349. The number of nitrogens with two attached hydrogens (primary N) is 1. The molecule has 1 aromatic carbocycles. The molecule has 1 unspecified atom stereocenters. The van der Waals surface area contributed by atoms with Gasteiger partial charge in [-0.25, -0.2) is 0 Å². The molecular formula is C13H17N3. The van der Waals surface area contributed by atoms with Crippen LogP contribution in [0.3, 0.4) is 0 Å². The monoisotopic (exact) mass is 215 g/mol. The molecule has 2 rings (SSSR count). The normalized spacial score (nSPS) is 12.7. The van der Waals surface area contributed by atoms with Crippen LogP contribution in [0.25, 0.3) is 0 Å².